The third-order valence-corrected chi connectivity index (χ3v) is 4.53. The van der Waals surface area contributed by atoms with Crippen LogP contribution in [0.4, 0.5) is 4.79 Å². The van der Waals surface area contributed by atoms with Crippen molar-refractivity contribution in [3.63, 3.8) is 0 Å². The number of pyridine rings is 1. The Morgan fingerprint density at radius 2 is 1.85 bits per heavy atom. The van der Waals surface area contributed by atoms with Gasteiger partial charge in [0.05, 0.1) is 0 Å². The van der Waals surface area contributed by atoms with E-state index in [1.807, 2.05) is 41.3 Å². The van der Waals surface area contributed by atoms with E-state index in [1.54, 1.807) is 24.3 Å². The van der Waals surface area contributed by atoms with E-state index >= 15 is 0 Å². The summed E-state index contributed by atoms with van der Waals surface area (Å²) in [6.07, 6.45) is 5.63. The summed E-state index contributed by atoms with van der Waals surface area (Å²) in [5, 5.41) is 2.89. The van der Waals surface area contributed by atoms with Crippen molar-refractivity contribution in [2.24, 2.45) is 0 Å². The third-order valence-electron chi connectivity index (χ3n) is 4.53. The summed E-state index contributed by atoms with van der Waals surface area (Å²) < 4.78 is 0. The lowest BCUT2D eigenvalue weighted by atomic mass is 10.1. The lowest BCUT2D eigenvalue weighted by molar-refractivity contribution is 0.0793. The van der Waals surface area contributed by atoms with Gasteiger partial charge in [-0.3, -0.25) is 9.78 Å². The summed E-state index contributed by atoms with van der Waals surface area (Å²) in [7, 11) is 1.75. The SMILES string of the molecule is CN(Cc1cccnc1)C(=O)NCc1ccc(C(=O)N2CCCC2)cc1. The van der Waals surface area contributed by atoms with Gasteiger partial charge >= 0.3 is 6.03 Å². The molecule has 3 rings (SSSR count). The molecule has 1 fully saturated rings. The number of nitrogens with zero attached hydrogens (tertiary/aromatic N) is 3. The summed E-state index contributed by atoms with van der Waals surface area (Å²) >= 11 is 0. The second-order valence-corrected chi connectivity index (χ2v) is 6.57. The Kier molecular flexibility index (Phi) is 5.84. The quantitative estimate of drug-likeness (QED) is 0.900. The molecule has 136 valence electrons. The van der Waals surface area contributed by atoms with Crippen LogP contribution in [0.2, 0.25) is 0 Å². The van der Waals surface area contributed by atoms with Crippen LogP contribution < -0.4 is 5.32 Å². The number of nitrogens with one attached hydrogen (secondary N) is 1. The smallest absolute Gasteiger partial charge is 0.317 e. The Balaban J connectivity index is 1.49. The lowest BCUT2D eigenvalue weighted by Crippen LogP contribution is -2.36. The number of hydrogen-bond acceptors (Lipinski definition) is 3. The zero-order valence-electron chi connectivity index (χ0n) is 15.0. The molecule has 0 radical (unpaired) electrons. The van der Waals surface area contributed by atoms with Crippen molar-refractivity contribution in [1.29, 1.82) is 0 Å². The molecule has 1 saturated heterocycles. The standard InChI is InChI=1S/C20H24N4O2/c1-23(15-17-5-4-10-21-13-17)20(26)22-14-16-6-8-18(9-7-16)19(25)24-11-2-3-12-24/h4-10,13H,2-3,11-12,14-15H2,1H3,(H,22,26). The fraction of sp³-hybridized carbons (Fsp3) is 0.350. The van der Waals surface area contributed by atoms with Crippen LogP contribution in [-0.2, 0) is 13.1 Å². The second kappa shape index (κ2) is 8.47. The number of amides is 3. The minimum Gasteiger partial charge on any atom is -0.339 e. The number of carbonyl (C=O) groups is 2. The van der Waals surface area contributed by atoms with Crippen LogP contribution in [0.1, 0.15) is 34.3 Å². The molecule has 3 amide bonds. The third kappa shape index (κ3) is 4.59. The van der Waals surface area contributed by atoms with Crippen LogP contribution >= 0.6 is 0 Å². The van der Waals surface area contributed by atoms with Crippen LogP contribution in [0.25, 0.3) is 0 Å². The van der Waals surface area contributed by atoms with Gasteiger partial charge in [-0.2, -0.15) is 0 Å². The molecule has 1 aromatic heterocycles. The molecule has 2 heterocycles. The van der Waals surface area contributed by atoms with E-state index in [0.717, 1.165) is 37.1 Å². The van der Waals surface area contributed by atoms with Gasteiger partial charge in [0.1, 0.15) is 0 Å². The van der Waals surface area contributed by atoms with E-state index in [4.69, 9.17) is 0 Å². The van der Waals surface area contributed by atoms with Gasteiger partial charge in [0, 0.05) is 51.2 Å². The predicted molar refractivity (Wildman–Crippen MR) is 99.5 cm³/mol. The van der Waals surface area contributed by atoms with Crippen molar-refractivity contribution in [3.05, 3.63) is 65.5 Å². The van der Waals surface area contributed by atoms with E-state index in [1.165, 1.54) is 0 Å². The van der Waals surface area contributed by atoms with Crippen molar-refractivity contribution in [1.82, 2.24) is 20.1 Å². The van der Waals surface area contributed by atoms with Gasteiger partial charge in [-0.1, -0.05) is 18.2 Å². The maximum Gasteiger partial charge on any atom is 0.317 e. The lowest BCUT2D eigenvalue weighted by Gasteiger charge is -2.18. The normalized spacial score (nSPS) is 13.5. The van der Waals surface area contributed by atoms with Gasteiger partial charge in [0.25, 0.3) is 5.91 Å². The first-order valence-electron chi connectivity index (χ1n) is 8.89. The fourth-order valence-corrected chi connectivity index (χ4v) is 3.02. The Morgan fingerprint density at radius 1 is 1.12 bits per heavy atom. The summed E-state index contributed by atoms with van der Waals surface area (Å²) in [5.74, 6) is 0.0919. The molecule has 1 aliphatic heterocycles. The van der Waals surface area contributed by atoms with Gasteiger partial charge in [-0.05, 0) is 42.2 Å². The summed E-state index contributed by atoms with van der Waals surface area (Å²) in [4.78, 5) is 32.1. The summed E-state index contributed by atoms with van der Waals surface area (Å²) in [6, 6.07) is 11.1. The first kappa shape index (κ1) is 17.9. The average Bonchev–Trinajstić information content (AvgIpc) is 3.21. The van der Waals surface area contributed by atoms with Gasteiger partial charge in [0.2, 0.25) is 0 Å². The van der Waals surface area contributed by atoms with Gasteiger partial charge < -0.3 is 15.1 Å². The van der Waals surface area contributed by atoms with Crippen molar-refractivity contribution in [2.75, 3.05) is 20.1 Å². The van der Waals surface area contributed by atoms with Crippen molar-refractivity contribution in [3.8, 4) is 0 Å². The highest BCUT2D eigenvalue weighted by Gasteiger charge is 2.19. The Bertz CT molecular complexity index is 740. The van der Waals surface area contributed by atoms with Gasteiger partial charge in [-0.25, -0.2) is 4.79 Å². The largest absolute Gasteiger partial charge is 0.339 e. The monoisotopic (exact) mass is 352 g/mol. The van der Waals surface area contributed by atoms with E-state index in [-0.39, 0.29) is 11.9 Å². The molecule has 1 N–H and O–H groups in total. The van der Waals surface area contributed by atoms with Crippen molar-refractivity contribution < 1.29 is 9.59 Å². The van der Waals surface area contributed by atoms with E-state index in [9.17, 15) is 9.59 Å². The Morgan fingerprint density at radius 3 is 2.50 bits per heavy atom. The van der Waals surface area contributed by atoms with Gasteiger partial charge in [-0.15, -0.1) is 0 Å². The first-order chi connectivity index (χ1) is 12.6. The molecule has 0 bridgehead atoms. The number of carbonyl (C=O) groups excluding carboxylic acids is 2. The molecule has 0 aliphatic carbocycles. The second-order valence-electron chi connectivity index (χ2n) is 6.57. The maximum absolute atomic E-state index is 12.3. The predicted octanol–water partition coefficient (Wildman–Crippen LogP) is 2.66. The number of likely N-dealkylation sites (tertiary alicyclic amines) is 1. The molecule has 0 unspecified atom stereocenters. The molecule has 0 saturated carbocycles. The maximum atomic E-state index is 12.3. The Hall–Kier alpha value is -2.89. The van der Waals surface area contributed by atoms with Crippen molar-refractivity contribution >= 4 is 11.9 Å². The van der Waals surface area contributed by atoms with Crippen LogP contribution in [0.3, 0.4) is 0 Å². The molecular formula is C20H24N4O2. The molecule has 1 aromatic carbocycles. The van der Waals surface area contributed by atoms with Crippen LogP contribution in [-0.4, -0.2) is 46.9 Å². The van der Waals surface area contributed by atoms with Crippen LogP contribution in [0.5, 0.6) is 0 Å². The average molecular weight is 352 g/mol. The Labute approximate surface area is 153 Å². The minimum absolute atomic E-state index is 0.0919. The molecule has 2 aromatic rings. The fourth-order valence-electron chi connectivity index (χ4n) is 3.02. The zero-order chi connectivity index (χ0) is 18.4. The number of rotatable bonds is 5. The molecule has 1 aliphatic rings. The van der Waals surface area contributed by atoms with E-state index < -0.39 is 0 Å². The van der Waals surface area contributed by atoms with Crippen LogP contribution in [0.15, 0.2) is 48.8 Å². The molecule has 0 spiro atoms. The number of aromatic nitrogens is 1. The number of urea groups is 1. The molecular weight excluding hydrogens is 328 g/mol. The molecule has 0 atom stereocenters. The topological polar surface area (TPSA) is 65.5 Å². The zero-order valence-corrected chi connectivity index (χ0v) is 15.0. The number of hydrogen-bond donors (Lipinski definition) is 1. The first-order valence-corrected chi connectivity index (χ1v) is 8.89. The highest BCUT2D eigenvalue weighted by atomic mass is 16.2. The molecule has 26 heavy (non-hydrogen) atoms. The van der Waals surface area contributed by atoms with Crippen molar-refractivity contribution in [2.45, 2.75) is 25.9 Å². The van der Waals surface area contributed by atoms with Gasteiger partial charge in [0.15, 0.2) is 0 Å². The molecule has 6 nitrogen and oxygen atoms in total. The highest BCUT2D eigenvalue weighted by molar-refractivity contribution is 5.94. The van der Waals surface area contributed by atoms with Crippen LogP contribution in [0, 0.1) is 0 Å². The summed E-state index contributed by atoms with van der Waals surface area (Å²) in [6.45, 7) is 2.62. The highest BCUT2D eigenvalue weighted by Crippen LogP contribution is 2.13. The number of benzene rings is 1. The molecule has 6 heteroatoms. The van der Waals surface area contributed by atoms with E-state index in [0.29, 0.717) is 18.7 Å². The summed E-state index contributed by atoms with van der Waals surface area (Å²) in [5.41, 5.74) is 2.65. The van der Waals surface area contributed by atoms with E-state index in [2.05, 4.69) is 10.3 Å². The minimum atomic E-state index is -0.147.